The van der Waals surface area contributed by atoms with Crippen molar-refractivity contribution in [3.63, 3.8) is 0 Å². The van der Waals surface area contributed by atoms with E-state index in [1.165, 1.54) is 146 Å². The van der Waals surface area contributed by atoms with E-state index in [4.69, 9.17) is 0 Å². The quantitative estimate of drug-likeness (QED) is 0.0644. The van der Waals surface area contributed by atoms with Crippen molar-refractivity contribution in [1.29, 1.82) is 0 Å². The molecule has 0 aliphatic heterocycles. The fraction of sp³-hybridized carbons (Fsp3) is 0.722. The van der Waals surface area contributed by atoms with Gasteiger partial charge in [0.25, 0.3) is 0 Å². The maximum absolute atomic E-state index is 11.9. The predicted octanol–water partition coefficient (Wildman–Crippen LogP) is 8.45. The second kappa shape index (κ2) is 24.6. The fourth-order valence-corrected chi connectivity index (χ4v) is 6.67. The van der Waals surface area contributed by atoms with E-state index in [0.717, 1.165) is 31.1 Å². The van der Waals surface area contributed by atoms with Crippen molar-refractivity contribution >= 4 is 20.9 Å². The zero-order valence-corrected chi connectivity index (χ0v) is 30.9. The van der Waals surface area contributed by atoms with Crippen molar-refractivity contribution in [3.05, 3.63) is 41.5 Å². The summed E-state index contributed by atoms with van der Waals surface area (Å²) in [6.45, 7) is 4.53. The Morgan fingerprint density at radius 1 is 0.512 bits per heavy atom. The monoisotopic (exact) mass is 610 g/mol. The zero-order chi connectivity index (χ0) is 28.9. The van der Waals surface area contributed by atoms with Gasteiger partial charge in [0.1, 0.15) is 10.1 Å². The first-order chi connectivity index (χ1) is 19.5. The SMILES string of the molecule is CCCCCCCCCCCCCc1ccc2c(S(=O)(=O)[O-])ccc(CCCCCCCCCCCCC)c2c1.[K+]. The van der Waals surface area contributed by atoms with E-state index >= 15 is 0 Å². The Hall–Kier alpha value is 0.246. The number of rotatable bonds is 25. The summed E-state index contributed by atoms with van der Waals surface area (Å²) in [5.41, 5.74) is 2.43. The molecular formula is C36H59KO3S. The second-order valence-electron chi connectivity index (χ2n) is 12.1. The molecule has 0 saturated carbocycles. The van der Waals surface area contributed by atoms with Gasteiger partial charge in [0.05, 0.1) is 4.90 Å². The summed E-state index contributed by atoms with van der Waals surface area (Å²) in [5, 5.41) is 1.56. The minimum Gasteiger partial charge on any atom is -0.744 e. The first kappa shape index (κ1) is 39.3. The van der Waals surface area contributed by atoms with Gasteiger partial charge in [-0.25, -0.2) is 8.42 Å². The second-order valence-corrected chi connectivity index (χ2v) is 13.5. The molecule has 0 N–H and O–H groups in total. The first-order valence-corrected chi connectivity index (χ1v) is 18.4. The van der Waals surface area contributed by atoms with Gasteiger partial charge in [0.15, 0.2) is 0 Å². The third-order valence-electron chi connectivity index (χ3n) is 8.52. The van der Waals surface area contributed by atoms with Crippen LogP contribution in [0.3, 0.4) is 0 Å². The van der Waals surface area contributed by atoms with Gasteiger partial charge in [-0.05, 0) is 53.6 Å². The van der Waals surface area contributed by atoms with E-state index in [9.17, 15) is 13.0 Å². The Morgan fingerprint density at radius 2 is 0.927 bits per heavy atom. The van der Waals surface area contributed by atoms with Crippen LogP contribution in [0.5, 0.6) is 0 Å². The predicted molar refractivity (Wildman–Crippen MR) is 172 cm³/mol. The average Bonchev–Trinajstić information content (AvgIpc) is 2.94. The van der Waals surface area contributed by atoms with Gasteiger partial charge in [-0.1, -0.05) is 167 Å². The Kier molecular flexibility index (Phi) is 23.5. The molecule has 228 valence electrons. The van der Waals surface area contributed by atoms with E-state index in [1.807, 2.05) is 18.2 Å². The van der Waals surface area contributed by atoms with Crippen LogP contribution in [-0.4, -0.2) is 13.0 Å². The van der Waals surface area contributed by atoms with Crippen LogP contribution in [0.2, 0.25) is 0 Å². The van der Waals surface area contributed by atoms with Crippen LogP contribution in [0.15, 0.2) is 35.2 Å². The van der Waals surface area contributed by atoms with Gasteiger partial charge >= 0.3 is 51.4 Å². The molecule has 3 nitrogen and oxygen atoms in total. The minimum absolute atomic E-state index is 0. The molecule has 0 aromatic heterocycles. The number of hydrogen-bond donors (Lipinski definition) is 0. The molecule has 0 unspecified atom stereocenters. The van der Waals surface area contributed by atoms with E-state index in [0.29, 0.717) is 5.39 Å². The van der Waals surface area contributed by atoms with E-state index < -0.39 is 10.1 Å². The standard InChI is InChI=1S/C36H60O3S.K/c1-3-5-7-9-11-13-15-17-19-21-23-25-32-27-29-34-35(31-32)33(28-30-36(34)40(37,38)39)26-24-22-20-18-16-14-12-10-8-6-4-2;/h27-31H,3-26H2,1-2H3,(H,37,38,39);/q;+1/p-1. The smallest absolute Gasteiger partial charge is 0.744 e. The number of fused-ring (bicyclic) bond motifs is 1. The largest absolute Gasteiger partial charge is 1.00 e. The summed E-state index contributed by atoms with van der Waals surface area (Å²) in [5.74, 6) is 0. The van der Waals surface area contributed by atoms with Crippen molar-refractivity contribution in [2.24, 2.45) is 0 Å². The summed E-state index contributed by atoms with van der Waals surface area (Å²) in [6.07, 6.45) is 31.0. The van der Waals surface area contributed by atoms with Crippen molar-refractivity contribution in [3.8, 4) is 0 Å². The molecule has 0 fully saturated rings. The molecule has 0 amide bonds. The number of aryl methyl sites for hydroxylation is 2. The maximum Gasteiger partial charge on any atom is 1.00 e. The summed E-state index contributed by atoms with van der Waals surface area (Å²) in [6, 6.07) is 9.48. The molecule has 2 rings (SSSR count). The van der Waals surface area contributed by atoms with Crippen LogP contribution in [0.25, 0.3) is 10.8 Å². The van der Waals surface area contributed by atoms with Gasteiger partial charge in [0.2, 0.25) is 0 Å². The maximum atomic E-state index is 11.9. The minimum atomic E-state index is -4.49. The molecule has 2 aromatic carbocycles. The van der Waals surface area contributed by atoms with E-state index in [-0.39, 0.29) is 56.3 Å². The van der Waals surface area contributed by atoms with Crippen molar-refractivity contribution in [1.82, 2.24) is 0 Å². The van der Waals surface area contributed by atoms with Crippen LogP contribution in [0.4, 0.5) is 0 Å². The normalized spacial score (nSPS) is 11.7. The van der Waals surface area contributed by atoms with Crippen molar-refractivity contribution in [2.75, 3.05) is 0 Å². The number of hydrogen-bond acceptors (Lipinski definition) is 3. The van der Waals surface area contributed by atoms with E-state index in [1.54, 1.807) is 0 Å². The van der Waals surface area contributed by atoms with Crippen molar-refractivity contribution < 1.29 is 64.4 Å². The van der Waals surface area contributed by atoms with Crippen LogP contribution in [0.1, 0.15) is 166 Å². The molecule has 2 aromatic rings. The molecule has 0 heterocycles. The molecule has 0 radical (unpaired) electrons. The Bertz CT molecular complexity index is 1030. The molecule has 0 aliphatic rings. The van der Waals surface area contributed by atoms with Gasteiger partial charge in [-0.2, -0.15) is 0 Å². The van der Waals surface area contributed by atoms with Crippen molar-refractivity contribution in [2.45, 2.75) is 173 Å². The molecule has 5 heteroatoms. The molecule has 0 bridgehead atoms. The average molecular weight is 611 g/mol. The van der Waals surface area contributed by atoms with Crippen LogP contribution < -0.4 is 51.4 Å². The third kappa shape index (κ3) is 17.4. The fourth-order valence-electron chi connectivity index (χ4n) is 5.99. The summed E-state index contributed by atoms with van der Waals surface area (Å²) >= 11 is 0. The molecular weight excluding hydrogens is 552 g/mol. The van der Waals surface area contributed by atoms with Gasteiger partial charge in [-0.3, -0.25) is 0 Å². The summed E-state index contributed by atoms with van der Waals surface area (Å²) in [7, 11) is -4.49. The number of benzene rings is 2. The van der Waals surface area contributed by atoms with Gasteiger partial charge in [0, 0.05) is 0 Å². The molecule has 0 saturated heterocycles. The topological polar surface area (TPSA) is 57.2 Å². The third-order valence-corrected chi connectivity index (χ3v) is 9.41. The Morgan fingerprint density at radius 3 is 1.37 bits per heavy atom. The molecule has 0 atom stereocenters. The van der Waals surface area contributed by atoms with Crippen LogP contribution in [-0.2, 0) is 23.0 Å². The molecule has 41 heavy (non-hydrogen) atoms. The molecule has 0 aliphatic carbocycles. The summed E-state index contributed by atoms with van der Waals surface area (Å²) in [4.78, 5) is -0.0774. The van der Waals surface area contributed by atoms with Crippen LogP contribution >= 0.6 is 0 Å². The first-order valence-electron chi connectivity index (χ1n) is 17.0. The summed E-state index contributed by atoms with van der Waals surface area (Å²) < 4.78 is 35.8. The Balaban J connectivity index is 0.00000840. The number of unbranched alkanes of at least 4 members (excludes halogenated alkanes) is 20. The van der Waals surface area contributed by atoms with E-state index in [2.05, 4.69) is 19.9 Å². The molecule has 0 spiro atoms. The Labute approximate surface area is 296 Å². The zero-order valence-electron chi connectivity index (χ0n) is 27.0. The van der Waals surface area contributed by atoms with Gasteiger partial charge < -0.3 is 4.55 Å². The van der Waals surface area contributed by atoms with Crippen LogP contribution in [0, 0.1) is 0 Å². The van der Waals surface area contributed by atoms with Gasteiger partial charge in [-0.15, -0.1) is 0 Å².